The molecule has 0 aromatic carbocycles. The first-order chi connectivity index (χ1) is 7.49. The van der Waals surface area contributed by atoms with Crippen LogP contribution in [0.4, 0.5) is 0 Å². The molecule has 92 valence electrons. The van der Waals surface area contributed by atoms with Crippen molar-refractivity contribution in [2.24, 2.45) is 5.92 Å². The number of hydrogen-bond donors (Lipinski definition) is 1. The van der Waals surface area contributed by atoms with E-state index in [4.69, 9.17) is 5.11 Å². The number of ketones is 1. The third kappa shape index (κ3) is 4.28. The molecule has 1 rings (SSSR count). The van der Waals surface area contributed by atoms with E-state index in [2.05, 4.69) is 0 Å². The Balaban J connectivity index is 2.31. The van der Waals surface area contributed by atoms with Crippen molar-refractivity contribution in [3.63, 3.8) is 0 Å². The molecule has 16 heavy (non-hydrogen) atoms. The number of rotatable bonds is 5. The summed E-state index contributed by atoms with van der Waals surface area (Å²) in [5, 5.41) is 8.64. The van der Waals surface area contributed by atoms with Gasteiger partial charge in [-0.1, -0.05) is 0 Å². The Morgan fingerprint density at radius 3 is 2.31 bits per heavy atom. The monoisotopic (exact) mass is 228 g/mol. The minimum Gasteiger partial charge on any atom is -0.480 e. The number of carboxylic acid groups (broad SMARTS) is 1. The lowest BCUT2D eigenvalue weighted by Gasteiger charge is -2.30. The molecule has 0 aliphatic carbocycles. The zero-order valence-corrected chi connectivity index (χ0v) is 9.98. The molecule has 0 aromatic heterocycles. The van der Waals surface area contributed by atoms with Crippen molar-refractivity contribution in [3.05, 3.63) is 0 Å². The number of Topliss-reactive ketones (excluding diaryl/α,β-unsaturated/α-hetero) is 1. The average molecular weight is 228 g/mol. The Morgan fingerprint density at radius 1 is 1.31 bits per heavy atom. The molecule has 0 bridgehead atoms. The number of likely N-dealkylation sites (N-methyl/N-ethyl adjacent to an activating group) is 1. The Kier molecular flexibility index (Phi) is 4.89. The lowest BCUT2D eigenvalue weighted by Crippen LogP contribution is -2.40. The number of carboxylic acids is 1. The molecule has 0 atom stereocenters. The summed E-state index contributed by atoms with van der Waals surface area (Å²) in [5.41, 5.74) is 0. The highest BCUT2D eigenvalue weighted by molar-refractivity contribution is 5.83. The summed E-state index contributed by atoms with van der Waals surface area (Å²) < 4.78 is 0. The molecule has 1 fully saturated rings. The summed E-state index contributed by atoms with van der Waals surface area (Å²) in [6, 6.07) is 0. The van der Waals surface area contributed by atoms with Crippen LogP contribution in [0.5, 0.6) is 0 Å². The average Bonchev–Trinajstić information content (AvgIpc) is 2.16. The van der Waals surface area contributed by atoms with Crippen LogP contribution in [0.3, 0.4) is 0 Å². The van der Waals surface area contributed by atoms with Gasteiger partial charge in [0.15, 0.2) is 0 Å². The van der Waals surface area contributed by atoms with Crippen molar-refractivity contribution < 1.29 is 14.7 Å². The van der Waals surface area contributed by atoms with E-state index in [1.54, 1.807) is 0 Å². The molecule has 1 aliphatic rings. The Labute approximate surface area is 96.0 Å². The largest absolute Gasteiger partial charge is 0.480 e. The van der Waals surface area contributed by atoms with Gasteiger partial charge in [0.05, 0.1) is 13.1 Å². The minimum absolute atomic E-state index is 0.0919. The fourth-order valence-corrected chi connectivity index (χ4v) is 2.05. The van der Waals surface area contributed by atoms with Gasteiger partial charge in [0.2, 0.25) is 0 Å². The number of likely N-dealkylation sites (tertiary alicyclic amines) is 1. The van der Waals surface area contributed by atoms with E-state index in [9.17, 15) is 9.59 Å². The van der Waals surface area contributed by atoms with Crippen molar-refractivity contribution >= 4 is 11.8 Å². The van der Waals surface area contributed by atoms with Gasteiger partial charge < -0.3 is 10.0 Å². The van der Waals surface area contributed by atoms with Crippen LogP contribution in [0.1, 0.15) is 12.8 Å². The van der Waals surface area contributed by atoms with Gasteiger partial charge >= 0.3 is 5.97 Å². The Hall–Kier alpha value is -0.940. The Bertz CT molecular complexity index is 258. The zero-order chi connectivity index (χ0) is 12.1. The van der Waals surface area contributed by atoms with Gasteiger partial charge in [-0.2, -0.15) is 0 Å². The predicted molar refractivity (Wildman–Crippen MR) is 60.4 cm³/mol. The van der Waals surface area contributed by atoms with E-state index >= 15 is 0 Å². The van der Waals surface area contributed by atoms with Crippen LogP contribution in [0.15, 0.2) is 0 Å². The van der Waals surface area contributed by atoms with Gasteiger partial charge in [-0.3, -0.25) is 14.5 Å². The van der Waals surface area contributed by atoms with Crippen molar-refractivity contribution in [2.75, 3.05) is 40.3 Å². The second kappa shape index (κ2) is 5.96. The first-order valence-electron chi connectivity index (χ1n) is 5.60. The molecule has 1 saturated heterocycles. The van der Waals surface area contributed by atoms with E-state index in [0.717, 1.165) is 25.9 Å². The lowest BCUT2D eigenvalue weighted by atomic mass is 9.92. The SMILES string of the molecule is CN(C)CC(=O)C1CCN(CC(=O)O)CC1. The highest BCUT2D eigenvalue weighted by atomic mass is 16.4. The molecule has 0 radical (unpaired) electrons. The van der Waals surface area contributed by atoms with Gasteiger partial charge in [0, 0.05) is 5.92 Å². The fourth-order valence-electron chi connectivity index (χ4n) is 2.05. The van der Waals surface area contributed by atoms with Crippen LogP contribution >= 0.6 is 0 Å². The third-order valence-electron chi connectivity index (χ3n) is 2.87. The zero-order valence-electron chi connectivity index (χ0n) is 9.98. The fraction of sp³-hybridized carbons (Fsp3) is 0.818. The summed E-state index contributed by atoms with van der Waals surface area (Å²) in [6.45, 7) is 2.02. The maximum absolute atomic E-state index is 11.8. The first-order valence-corrected chi connectivity index (χ1v) is 5.60. The van der Waals surface area contributed by atoms with E-state index in [1.165, 1.54) is 0 Å². The molecular formula is C11H20N2O3. The molecule has 0 saturated carbocycles. The molecule has 1 aliphatic heterocycles. The predicted octanol–water partition coefficient (Wildman–Crippen LogP) is -0.0863. The highest BCUT2D eigenvalue weighted by Gasteiger charge is 2.25. The standard InChI is InChI=1S/C11H20N2O3/c1-12(2)7-10(14)9-3-5-13(6-4-9)8-11(15)16/h9H,3-8H2,1-2H3,(H,15,16). The number of piperidine rings is 1. The highest BCUT2D eigenvalue weighted by Crippen LogP contribution is 2.18. The Morgan fingerprint density at radius 2 is 1.88 bits per heavy atom. The summed E-state index contributed by atoms with van der Waals surface area (Å²) in [4.78, 5) is 26.0. The van der Waals surface area contributed by atoms with Gasteiger partial charge in [-0.25, -0.2) is 0 Å². The van der Waals surface area contributed by atoms with Crippen LogP contribution in [-0.2, 0) is 9.59 Å². The number of nitrogens with zero attached hydrogens (tertiary/aromatic N) is 2. The molecule has 0 aromatic rings. The van der Waals surface area contributed by atoms with Gasteiger partial charge in [-0.05, 0) is 40.0 Å². The van der Waals surface area contributed by atoms with Crippen LogP contribution in [0.25, 0.3) is 0 Å². The number of aliphatic carboxylic acids is 1. The van der Waals surface area contributed by atoms with E-state index < -0.39 is 5.97 Å². The first kappa shape index (κ1) is 13.1. The van der Waals surface area contributed by atoms with Crippen LogP contribution < -0.4 is 0 Å². The minimum atomic E-state index is -0.793. The molecular weight excluding hydrogens is 208 g/mol. The van der Waals surface area contributed by atoms with E-state index in [-0.39, 0.29) is 18.2 Å². The molecule has 0 spiro atoms. The normalized spacial score (nSPS) is 18.9. The maximum Gasteiger partial charge on any atom is 0.317 e. The van der Waals surface area contributed by atoms with Crippen molar-refractivity contribution in [1.82, 2.24) is 9.80 Å². The smallest absolute Gasteiger partial charge is 0.317 e. The van der Waals surface area contributed by atoms with Crippen LogP contribution in [0.2, 0.25) is 0 Å². The van der Waals surface area contributed by atoms with Gasteiger partial charge in [-0.15, -0.1) is 0 Å². The molecule has 1 heterocycles. The number of carbonyl (C=O) groups is 2. The van der Waals surface area contributed by atoms with Gasteiger partial charge in [0.25, 0.3) is 0 Å². The number of hydrogen-bond acceptors (Lipinski definition) is 4. The molecule has 0 unspecified atom stereocenters. The van der Waals surface area contributed by atoms with Gasteiger partial charge in [0.1, 0.15) is 5.78 Å². The van der Waals surface area contributed by atoms with E-state index in [0.29, 0.717) is 6.54 Å². The van der Waals surface area contributed by atoms with Crippen molar-refractivity contribution in [1.29, 1.82) is 0 Å². The number of carbonyl (C=O) groups excluding carboxylic acids is 1. The quantitative estimate of drug-likeness (QED) is 0.713. The molecule has 0 amide bonds. The topological polar surface area (TPSA) is 60.9 Å². The summed E-state index contributed by atoms with van der Waals surface area (Å²) in [7, 11) is 3.77. The second-order valence-corrected chi connectivity index (χ2v) is 4.65. The summed E-state index contributed by atoms with van der Waals surface area (Å²) in [6.07, 6.45) is 1.58. The van der Waals surface area contributed by atoms with Crippen molar-refractivity contribution in [2.45, 2.75) is 12.8 Å². The third-order valence-corrected chi connectivity index (χ3v) is 2.87. The maximum atomic E-state index is 11.8. The van der Waals surface area contributed by atoms with Crippen LogP contribution in [-0.4, -0.2) is 66.9 Å². The molecule has 5 nitrogen and oxygen atoms in total. The molecule has 5 heteroatoms. The molecule has 1 N–H and O–H groups in total. The summed E-state index contributed by atoms with van der Waals surface area (Å²) >= 11 is 0. The van der Waals surface area contributed by atoms with Crippen LogP contribution in [0, 0.1) is 5.92 Å². The van der Waals surface area contributed by atoms with Crippen molar-refractivity contribution in [3.8, 4) is 0 Å². The summed E-state index contributed by atoms with van der Waals surface area (Å²) in [5.74, 6) is -0.398. The second-order valence-electron chi connectivity index (χ2n) is 4.65. The lowest BCUT2D eigenvalue weighted by molar-refractivity contribution is -0.138. The van der Waals surface area contributed by atoms with E-state index in [1.807, 2.05) is 23.9 Å².